The molecule has 1 unspecified atom stereocenters. The van der Waals surface area contributed by atoms with Crippen LogP contribution >= 0.6 is 0 Å². The number of alkyl halides is 3. The number of likely N-dealkylation sites (N-methyl/N-ethyl adjacent to an activating group) is 1. The molecule has 0 aliphatic carbocycles. The summed E-state index contributed by atoms with van der Waals surface area (Å²) in [5.41, 5.74) is 0. The van der Waals surface area contributed by atoms with Gasteiger partial charge in [0.05, 0.1) is 12.6 Å². The van der Waals surface area contributed by atoms with Gasteiger partial charge in [-0.15, -0.1) is 0 Å². The molecule has 3 nitrogen and oxygen atoms in total. The minimum absolute atomic E-state index is 0.0317. The SMILES string of the molecule is CCN(CC)CC(O)CNCC(F)(F)F. The number of aliphatic hydroxyl groups is 1. The average Bonchev–Trinajstić information content (AvgIpc) is 2.12. The van der Waals surface area contributed by atoms with Crippen molar-refractivity contribution in [3.05, 3.63) is 0 Å². The van der Waals surface area contributed by atoms with E-state index in [-0.39, 0.29) is 6.54 Å². The highest BCUT2D eigenvalue weighted by Crippen LogP contribution is 2.11. The fourth-order valence-corrected chi connectivity index (χ4v) is 1.22. The van der Waals surface area contributed by atoms with E-state index in [1.165, 1.54) is 0 Å². The molecule has 0 aliphatic heterocycles. The van der Waals surface area contributed by atoms with E-state index < -0.39 is 18.8 Å². The van der Waals surface area contributed by atoms with Crippen molar-refractivity contribution in [2.75, 3.05) is 32.7 Å². The molecule has 0 aromatic carbocycles. The lowest BCUT2D eigenvalue weighted by atomic mass is 10.3. The summed E-state index contributed by atoms with van der Waals surface area (Å²) in [4.78, 5) is 1.96. The van der Waals surface area contributed by atoms with Crippen molar-refractivity contribution in [1.29, 1.82) is 0 Å². The van der Waals surface area contributed by atoms with Gasteiger partial charge in [0, 0.05) is 13.1 Å². The lowest BCUT2D eigenvalue weighted by Crippen LogP contribution is -2.40. The largest absolute Gasteiger partial charge is 0.401 e. The highest BCUT2D eigenvalue weighted by molar-refractivity contribution is 4.66. The van der Waals surface area contributed by atoms with Crippen LogP contribution in [0.2, 0.25) is 0 Å². The molecule has 15 heavy (non-hydrogen) atoms. The van der Waals surface area contributed by atoms with Crippen LogP contribution in [-0.4, -0.2) is 55.0 Å². The van der Waals surface area contributed by atoms with E-state index in [0.29, 0.717) is 6.54 Å². The van der Waals surface area contributed by atoms with Gasteiger partial charge in [0.15, 0.2) is 0 Å². The van der Waals surface area contributed by atoms with Crippen LogP contribution in [0.25, 0.3) is 0 Å². The molecule has 0 radical (unpaired) electrons. The fraction of sp³-hybridized carbons (Fsp3) is 1.00. The highest BCUT2D eigenvalue weighted by Gasteiger charge is 2.26. The third-order valence-electron chi connectivity index (χ3n) is 2.07. The van der Waals surface area contributed by atoms with Crippen molar-refractivity contribution in [1.82, 2.24) is 10.2 Å². The number of hydrogen-bond acceptors (Lipinski definition) is 3. The molecule has 0 fully saturated rings. The van der Waals surface area contributed by atoms with Crippen LogP contribution in [0.3, 0.4) is 0 Å². The first-order chi connectivity index (χ1) is 6.89. The van der Waals surface area contributed by atoms with E-state index in [2.05, 4.69) is 5.32 Å². The maximum absolute atomic E-state index is 11.7. The molecule has 0 saturated heterocycles. The second-order valence-electron chi connectivity index (χ2n) is 3.39. The number of hydrogen-bond donors (Lipinski definition) is 2. The van der Waals surface area contributed by atoms with Gasteiger partial charge in [-0.2, -0.15) is 13.2 Å². The number of aliphatic hydroxyl groups excluding tert-OH is 1. The Hall–Kier alpha value is -0.330. The van der Waals surface area contributed by atoms with Crippen LogP contribution in [0, 0.1) is 0 Å². The first kappa shape index (κ1) is 14.7. The topological polar surface area (TPSA) is 35.5 Å². The fourth-order valence-electron chi connectivity index (χ4n) is 1.22. The Kier molecular flexibility index (Phi) is 6.87. The van der Waals surface area contributed by atoms with Crippen molar-refractivity contribution < 1.29 is 18.3 Å². The molecule has 0 heterocycles. The standard InChI is InChI=1S/C9H19F3N2O/c1-3-14(4-2)6-8(15)5-13-7-9(10,11)12/h8,13,15H,3-7H2,1-2H3. The third-order valence-corrected chi connectivity index (χ3v) is 2.07. The summed E-state index contributed by atoms with van der Waals surface area (Å²) >= 11 is 0. The van der Waals surface area contributed by atoms with Crippen LogP contribution in [0.5, 0.6) is 0 Å². The molecular weight excluding hydrogens is 209 g/mol. The summed E-state index contributed by atoms with van der Waals surface area (Å²) in [6, 6.07) is 0. The predicted molar refractivity (Wildman–Crippen MR) is 52.7 cm³/mol. The number of rotatable bonds is 7. The van der Waals surface area contributed by atoms with Crippen LogP contribution in [0.4, 0.5) is 13.2 Å². The Bertz CT molecular complexity index is 160. The zero-order chi connectivity index (χ0) is 11.9. The van der Waals surface area contributed by atoms with Crippen molar-refractivity contribution >= 4 is 0 Å². The molecular formula is C9H19F3N2O. The van der Waals surface area contributed by atoms with Crippen LogP contribution < -0.4 is 5.32 Å². The molecule has 0 bridgehead atoms. The molecule has 0 aromatic rings. The predicted octanol–water partition coefficient (Wildman–Crippen LogP) is 0.841. The second-order valence-corrected chi connectivity index (χ2v) is 3.39. The monoisotopic (exact) mass is 228 g/mol. The Morgan fingerprint density at radius 2 is 1.80 bits per heavy atom. The molecule has 0 spiro atoms. The number of nitrogens with one attached hydrogen (secondary N) is 1. The molecule has 0 saturated carbocycles. The van der Waals surface area contributed by atoms with Crippen LogP contribution in [0.15, 0.2) is 0 Å². The van der Waals surface area contributed by atoms with Crippen molar-refractivity contribution in [2.45, 2.75) is 26.1 Å². The zero-order valence-corrected chi connectivity index (χ0v) is 9.14. The van der Waals surface area contributed by atoms with E-state index in [1.807, 2.05) is 18.7 Å². The van der Waals surface area contributed by atoms with Gasteiger partial charge in [0.1, 0.15) is 0 Å². The van der Waals surface area contributed by atoms with Gasteiger partial charge in [0.25, 0.3) is 0 Å². The summed E-state index contributed by atoms with van der Waals surface area (Å²) in [6.07, 6.45) is -4.97. The van der Waals surface area contributed by atoms with Crippen molar-refractivity contribution in [3.63, 3.8) is 0 Å². The first-order valence-corrected chi connectivity index (χ1v) is 5.07. The van der Waals surface area contributed by atoms with Crippen LogP contribution in [-0.2, 0) is 0 Å². The van der Waals surface area contributed by atoms with E-state index in [9.17, 15) is 18.3 Å². The molecule has 1 atom stereocenters. The molecule has 0 aromatic heterocycles. The van der Waals surface area contributed by atoms with E-state index in [0.717, 1.165) is 13.1 Å². The molecule has 2 N–H and O–H groups in total. The minimum Gasteiger partial charge on any atom is -0.390 e. The summed E-state index contributed by atoms with van der Waals surface area (Å²) in [5, 5.41) is 11.6. The maximum atomic E-state index is 11.7. The quantitative estimate of drug-likeness (QED) is 0.678. The Labute approximate surface area is 88.3 Å². The lowest BCUT2D eigenvalue weighted by Gasteiger charge is -2.22. The van der Waals surface area contributed by atoms with E-state index >= 15 is 0 Å². The van der Waals surface area contributed by atoms with Crippen molar-refractivity contribution in [3.8, 4) is 0 Å². The van der Waals surface area contributed by atoms with Gasteiger partial charge in [-0.05, 0) is 13.1 Å². The first-order valence-electron chi connectivity index (χ1n) is 5.07. The highest BCUT2D eigenvalue weighted by atomic mass is 19.4. The van der Waals surface area contributed by atoms with Gasteiger partial charge < -0.3 is 15.3 Å². The second kappa shape index (κ2) is 7.03. The van der Waals surface area contributed by atoms with E-state index in [4.69, 9.17) is 0 Å². The normalized spacial score (nSPS) is 14.6. The molecule has 6 heteroatoms. The van der Waals surface area contributed by atoms with Crippen LogP contribution in [0.1, 0.15) is 13.8 Å². The molecule has 92 valence electrons. The Morgan fingerprint density at radius 1 is 1.27 bits per heavy atom. The van der Waals surface area contributed by atoms with Gasteiger partial charge in [0.2, 0.25) is 0 Å². The third kappa shape index (κ3) is 8.65. The Balaban J connectivity index is 3.61. The van der Waals surface area contributed by atoms with Crippen molar-refractivity contribution in [2.24, 2.45) is 0 Å². The van der Waals surface area contributed by atoms with Gasteiger partial charge in [-0.1, -0.05) is 13.8 Å². The zero-order valence-electron chi connectivity index (χ0n) is 9.14. The molecule has 0 aliphatic rings. The summed E-state index contributed by atoms with van der Waals surface area (Å²) in [5.74, 6) is 0. The van der Waals surface area contributed by atoms with Gasteiger partial charge >= 0.3 is 6.18 Å². The summed E-state index contributed by atoms with van der Waals surface area (Å²) < 4.78 is 35.2. The lowest BCUT2D eigenvalue weighted by molar-refractivity contribution is -0.125. The number of halogens is 3. The van der Waals surface area contributed by atoms with E-state index in [1.54, 1.807) is 0 Å². The maximum Gasteiger partial charge on any atom is 0.401 e. The smallest absolute Gasteiger partial charge is 0.390 e. The molecule has 0 amide bonds. The minimum atomic E-state index is -4.21. The average molecular weight is 228 g/mol. The van der Waals surface area contributed by atoms with Gasteiger partial charge in [-0.3, -0.25) is 0 Å². The van der Waals surface area contributed by atoms with Gasteiger partial charge in [-0.25, -0.2) is 0 Å². The number of nitrogens with zero attached hydrogens (tertiary/aromatic N) is 1. The summed E-state index contributed by atoms with van der Waals surface area (Å²) in [7, 11) is 0. The summed E-state index contributed by atoms with van der Waals surface area (Å²) in [6.45, 7) is 4.77. The molecule has 0 rings (SSSR count). The Morgan fingerprint density at radius 3 is 2.20 bits per heavy atom.